The normalized spacial score (nSPS) is 12.1. The molecular formula is C74H140O6. The number of hydrogen-bond donors (Lipinski definition) is 0. The van der Waals surface area contributed by atoms with Crippen molar-refractivity contribution in [1.82, 2.24) is 0 Å². The molecule has 0 aromatic heterocycles. The molecule has 0 aliphatic rings. The third-order valence-electron chi connectivity index (χ3n) is 16.7. The molecule has 0 bridgehead atoms. The Bertz CT molecular complexity index is 1290. The highest BCUT2D eigenvalue weighted by atomic mass is 16.6. The summed E-state index contributed by atoms with van der Waals surface area (Å²) in [5.41, 5.74) is 0. The van der Waals surface area contributed by atoms with Crippen molar-refractivity contribution in [3.05, 3.63) is 24.3 Å². The molecule has 0 radical (unpaired) electrons. The molecule has 0 heterocycles. The maximum atomic E-state index is 12.9. The lowest BCUT2D eigenvalue weighted by molar-refractivity contribution is -0.167. The van der Waals surface area contributed by atoms with Gasteiger partial charge in [0.1, 0.15) is 13.2 Å². The van der Waals surface area contributed by atoms with E-state index in [0.717, 1.165) is 77.0 Å². The van der Waals surface area contributed by atoms with Crippen molar-refractivity contribution >= 4 is 17.9 Å². The first kappa shape index (κ1) is 77.9. The summed E-state index contributed by atoms with van der Waals surface area (Å²) in [6.07, 6.45) is 85.2. The molecule has 0 aromatic carbocycles. The van der Waals surface area contributed by atoms with Gasteiger partial charge < -0.3 is 14.2 Å². The van der Waals surface area contributed by atoms with Gasteiger partial charge in [-0.1, -0.05) is 366 Å². The Morgan fingerprint density at radius 2 is 0.450 bits per heavy atom. The van der Waals surface area contributed by atoms with E-state index in [1.54, 1.807) is 0 Å². The van der Waals surface area contributed by atoms with Crippen molar-refractivity contribution in [2.75, 3.05) is 13.2 Å². The van der Waals surface area contributed by atoms with Gasteiger partial charge in [-0.2, -0.15) is 0 Å². The van der Waals surface area contributed by atoms with Gasteiger partial charge in [0.25, 0.3) is 0 Å². The quantitative estimate of drug-likeness (QED) is 0.0261. The van der Waals surface area contributed by atoms with Crippen molar-refractivity contribution in [2.24, 2.45) is 0 Å². The molecule has 472 valence electrons. The summed E-state index contributed by atoms with van der Waals surface area (Å²) in [5.74, 6) is -0.856. The highest BCUT2D eigenvalue weighted by molar-refractivity contribution is 5.71. The molecule has 0 fully saturated rings. The third kappa shape index (κ3) is 66.7. The number of allylic oxidation sites excluding steroid dienone is 4. The third-order valence-corrected chi connectivity index (χ3v) is 16.7. The van der Waals surface area contributed by atoms with Crippen LogP contribution in [0.3, 0.4) is 0 Å². The summed E-state index contributed by atoms with van der Waals surface area (Å²) in [7, 11) is 0. The molecule has 0 spiro atoms. The van der Waals surface area contributed by atoms with E-state index in [2.05, 4.69) is 45.1 Å². The minimum atomic E-state index is -0.775. The van der Waals surface area contributed by atoms with Crippen molar-refractivity contribution in [2.45, 2.75) is 419 Å². The molecule has 0 saturated heterocycles. The van der Waals surface area contributed by atoms with Gasteiger partial charge in [-0.05, 0) is 51.4 Å². The highest BCUT2D eigenvalue weighted by Crippen LogP contribution is 2.19. The van der Waals surface area contributed by atoms with Gasteiger partial charge in [0.2, 0.25) is 0 Å². The molecular weight excluding hydrogens is 985 g/mol. The first-order valence-corrected chi connectivity index (χ1v) is 36.3. The topological polar surface area (TPSA) is 78.9 Å². The number of ether oxygens (including phenoxy) is 3. The van der Waals surface area contributed by atoms with E-state index in [1.165, 1.54) is 295 Å². The molecule has 80 heavy (non-hydrogen) atoms. The van der Waals surface area contributed by atoms with Gasteiger partial charge in [-0.15, -0.1) is 0 Å². The monoisotopic (exact) mass is 1130 g/mol. The Kier molecular flexibility index (Phi) is 67.6. The van der Waals surface area contributed by atoms with E-state index >= 15 is 0 Å². The average Bonchev–Trinajstić information content (AvgIpc) is 3.46. The zero-order valence-electron chi connectivity index (χ0n) is 54.4. The molecule has 1 unspecified atom stereocenters. The molecule has 0 saturated carbocycles. The molecule has 0 aromatic rings. The zero-order chi connectivity index (χ0) is 57.8. The number of unbranched alkanes of at least 4 members (excludes halogenated alkanes) is 53. The fourth-order valence-electron chi connectivity index (χ4n) is 11.2. The fraction of sp³-hybridized carbons (Fsp3) is 0.905. The van der Waals surface area contributed by atoms with E-state index in [4.69, 9.17) is 14.2 Å². The lowest BCUT2D eigenvalue weighted by Gasteiger charge is -2.18. The second-order valence-electron chi connectivity index (χ2n) is 24.9. The van der Waals surface area contributed by atoms with Crippen LogP contribution in [0.15, 0.2) is 24.3 Å². The van der Waals surface area contributed by atoms with Gasteiger partial charge in [0, 0.05) is 19.3 Å². The largest absolute Gasteiger partial charge is 0.462 e. The number of carbonyl (C=O) groups excluding carboxylic acids is 3. The van der Waals surface area contributed by atoms with Crippen LogP contribution in [-0.2, 0) is 28.6 Å². The second kappa shape index (κ2) is 69.4. The minimum Gasteiger partial charge on any atom is -0.462 e. The number of esters is 3. The van der Waals surface area contributed by atoms with Gasteiger partial charge in [-0.3, -0.25) is 14.4 Å². The van der Waals surface area contributed by atoms with Crippen LogP contribution in [0.5, 0.6) is 0 Å². The van der Waals surface area contributed by atoms with Crippen LogP contribution in [0.25, 0.3) is 0 Å². The van der Waals surface area contributed by atoms with Gasteiger partial charge in [0.05, 0.1) is 0 Å². The smallest absolute Gasteiger partial charge is 0.306 e. The predicted octanol–water partition coefficient (Wildman–Crippen LogP) is 25.0. The zero-order valence-corrected chi connectivity index (χ0v) is 54.4. The Morgan fingerprint density at radius 1 is 0.250 bits per heavy atom. The summed E-state index contributed by atoms with van der Waals surface area (Å²) in [6.45, 7) is 6.68. The van der Waals surface area contributed by atoms with Crippen LogP contribution in [0, 0.1) is 0 Å². The van der Waals surface area contributed by atoms with Crippen LogP contribution in [-0.4, -0.2) is 37.2 Å². The Balaban J connectivity index is 4.04. The number of rotatable bonds is 68. The summed E-state index contributed by atoms with van der Waals surface area (Å²) in [4.78, 5) is 38.3. The van der Waals surface area contributed by atoms with Gasteiger partial charge in [-0.25, -0.2) is 0 Å². The average molecular weight is 1130 g/mol. The molecule has 0 aliphatic heterocycles. The van der Waals surface area contributed by atoms with E-state index in [-0.39, 0.29) is 31.1 Å². The van der Waals surface area contributed by atoms with E-state index in [9.17, 15) is 14.4 Å². The Hall–Kier alpha value is -2.11. The number of carbonyl (C=O) groups is 3. The molecule has 0 rings (SSSR count). The number of hydrogen-bond acceptors (Lipinski definition) is 6. The Morgan fingerprint density at radius 3 is 0.713 bits per heavy atom. The molecule has 0 aliphatic carbocycles. The SMILES string of the molecule is CCCCC/C=C\C/C=C\CCCCCCCC(=O)OC(COC(=O)CCCCCCCCCCCCCCC)COC(=O)CCCCCCCCCCCCCCCCCCCCCCCCCCCCCCCCCCCC. The summed E-state index contributed by atoms with van der Waals surface area (Å²) in [6, 6.07) is 0. The van der Waals surface area contributed by atoms with Gasteiger partial charge >= 0.3 is 17.9 Å². The molecule has 6 nitrogen and oxygen atoms in total. The fourth-order valence-corrected chi connectivity index (χ4v) is 11.2. The predicted molar refractivity (Wildman–Crippen MR) is 349 cm³/mol. The lowest BCUT2D eigenvalue weighted by atomic mass is 10.0. The molecule has 1 atom stereocenters. The van der Waals surface area contributed by atoms with Crippen LogP contribution < -0.4 is 0 Å². The summed E-state index contributed by atoms with van der Waals surface area (Å²) < 4.78 is 16.9. The summed E-state index contributed by atoms with van der Waals surface area (Å²) >= 11 is 0. The minimum absolute atomic E-state index is 0.0710. The molecule has 6 heteroatoms. The van der Waals surface area contributed by atoms with E-state index in [0.29, 0.717) is 19.3 Å². The van der Waals surface area contributed by atoms with Gasteiger partial charge in [0.15, 0.2) is 6.10 Å². The van der Waals surface area contributed by atoms with Crippen LogP contribution >= 0.6 is 0 Å². The van der Waals surface area contributed by atoms with Crippen LogP contribution in [0.4, 0.5) is 0 Å². The Labute approximate surface area is 500 Å². The van der Waals surface area contributed by atoms with Crippen molar-refractivity contribution in [3.8, 4) is 0 Å². The lowest BCUT2D eigenvalue weighted by Crippen LogP contribution is -2.30. The van der Waals surface area contributed by atoms with Crippen molar-refractivity contribution < 1.29 is 28.6 Å². The molecule has 0 N–H and O–H groups in total. The molecule has 0 amide bonds. The maximum absolute atomic E-state index is 12.9. The summed E-state index contributed by atoms with van der Waals surface area (Å²) in [5, 5.41) is 0. The standard InChI is InChI=1S/C74H140O6/c1-4-7-10-13-16-19-22-25-27-28-29-30-31-32-33-34-35-36-37-38-39-40-41-42-43-44-45-47-49-52-55-58-61-64-67-73(76)79-70-71(69-78-72(75)66-63-60-57-54-51-48-24-21-18-15-12-9-6-3)80-74(77)68-65-62-59-56-53-50-46-26-23-20-17-14-11-8-5-2/h17,20,26,46,71H,4-16,18-19,21-25,27-45,47-70H2,1-3H3/b20-17-,46-26-. The highest BCUT2D eigenvalue weighted by Gasteiger charge is 2.19. The first-order chi connectivity index (χ1) is 39.5. The van der Waals surface area contributed by atoms with E-state index < -0.39 is 6.10 Å². The van der Waals surface area contributed by atoms with Crippen LogP contribution in [0.2, 0.25) is 0 Å². The maximum Gasteiger partial charge on any atom is 0.306 e. The second-order valence-corrected chi connectivity index (χ2v) is 24.9. The van der Waals surface area contributed by atoms with Crippen molar-refractivity contribution in [1.29, 1.82) is 0 Å². The van der Waals surface area contributed by atoms with Crippen LogP contribution in [0.1, 0.15) is 412 Å². The van der Waals surface area contributed by atoms with E-state index in [1.807, 2.05) is 0 Å². The van der Waals surface area contributed by atoms with Crippen molar-refractivity contribution in [3.63, 3.8) is 0 Å². The first-order valence-electron chi connectivity index (χ1n) is 36.3.